The molecule has 0 radical (unpaired) electrons. The van der Waals surface area contributed by atoms with E-state index in [9.17, 15) is 9.59 Å². The highest BCUT2D eigenvalue weighted by Gasteiger charge is 2.27. The molecule has 0 spiro atoms. The van der Waals surface area contributed by atoms with Gasteiger partial charge in [0.05, 0.1) is 17.7 Å². The summed E-state index contributed by atoms with van der Waals surface area (Å²) in [5, 5.41) is 2.48. The van der Waals surface area contributed by atoms with E-state index in [1.165, 1.54) is 19.3 Å². The fraction of sp³-hybridized carbons (Fsp3) is 0.652. The standard InChI is InChI=1S/C23H34ClNO3/c1-4-7-8-16-9-11-17(12-10-16)23(27)25-20-14-13-18(15-21(20)28-6-3)22(26)19(24)5-2/h13-17,19H,4-12H2,1-3H3,(H,25,27). The van der Waals surface area contributed by atoms with Crippen molar-refractivity contribution in [3.8, 4) is 5.75 Å². The molecule has 156 valence electrons. The molecule has 28 heavy (non-hydrogen) atoms. The molecule has 1 aromatic carbocycles. The molecule has 0 saturated heterocycles. The predicted octanol–water partition coefficient (Wildman–Crippen LogP) is 6.22. The van der Waals surface area contributed by atoms with Gasteiger partial charge in [-0.3, -0.25) is 9.59 Å². The molecule has 1 aliphatic carbocycles. The normalized spacial score (nSPS) is 20.4. The summed E-state index contributed by atoms with van der Waals surface area (Å²) in [4.78, 5) is 25.1. The Hall–Kier alpha value is -1.55. The van der Waals surface area contributed by atoms with Gasteiger partial charge in [0.2, 0.25) is 5.91 Å². The number of nitrogens with one attached hydrogen (secondary N) is 1. The highest BCUT2D eigenvalue weighted by molar-refractivity contribution is 6.33. The van der Waals surface area contributed by atoms with Gasteiger partial charge < -0.3 is 10.1 Å². The molecule has 1 fully saturated rings. The summed E-state index contributed by atoms with van der Waals surface area (Å²) < 4.78 is 5.68. The Morgan fingerprint density at radius 1 is 1.18 bits per heavy atom. The average Bonchev–Trinajstić information content (AvgIpc) is 2.72. The quantitative estimate of drug-likeness (QED) is 0.370. The summed E-state index contributed by atoms with van der Waals surface area (Å²) >= 11 is 6.09. The van der Waals surface area contributed by atoms with Crippen LogP contribution >= 0.6 is 11.6 Å². The highest BCUT2D eigenvalue weighted by Crippen LogP contribution is 2.34. The van der Waals surface area contributed by atoms with E-state index in [-0.39, 0.29) is 17.6 Å². The number of benzene rings is 1. The zero-order valence-electron chi connectivity index (χ0n) is 17.4. The monoisotopic (exact) mass is 407 g/mol. The van der Waals surface area contributed by atoms with Crippen LogP contribution in [0.15, 0.2) is 18.2 Å². The number of hydrogen-bond acceptors (Lipinski definition) is 3. The van der Waals surface area contributed by atoms with Crippen LogP contribution in [0.3, 0.4) is 0 Å². The molecule has 0 aliphatic heterocycles. The van der Waals surface area contributed by atoms with Crippen molar-refractivity contribution in [1.29, 1.82) is 0 Å². The van der Waals surface area contributed by atoms with Crippen molar-refractivity contribution in [2.45, 2.75) is 77.5 Å². The van der Waals surface area contributed by atoms with Gasteiger partial charge in [-0.2, -0.15) is 0 Å². The molecule has 0 bridgehead atoms. The molecular weight excluding hydrogens is 374 g/mol. The van der Waals surface area contributed by atoms with Crippen molar-refractivity contribution in [2.24, 2.45) is 11.8 Å². The maximum absolute atomic E-state index is 12.8. The lowest BCUT2D eigenvalue weighted by Crippen LogP contribution is -2.27. The molecule has 0 aromatic heterocycles. The number of carbonyl (C=O) groups is 2. The van der Waals surface area contributed by atoms with E-state index in [2.05, 4.69) is 12.2 Å². The van der Waals surface area contributed by atoms with E-state index in [0.717, 1.165) is 31.6 Å². The van der Waals surface area contributed by atoms with Crippen LogP contribution < -0.4 is 10.1 Å². The molecule has 4 nitrogen and oxygen atoms in total. The van der Waals surface area contributed by atoms with E-state index in [0.29, 0.717) is 30.0 Å². The fourth-order valence-electron chi connectivity index (χ4n) is 3.86. The second kappa shape index (κ2) is 11.5. The zero-order chi connectivity index (χ0) is 20.5. The van der Waals surface area contributed by atoms with Crippen LogP contribution in [0.25, 0.3) is 0 Å². The summed E-state index contributed by atoms with van der Waals surface area (Å²) in [6, 6.07) is 5.16. The van der Waals surface area contributed by atoms with E-state index >= 15 is 0 Å². The molecule has 1 aliphatic rings. The summed E-state index contributed by atoms with van der Waals surface area (Å²) in [5.41, 5.74) is 1.14. The number of Topliss-reactive ketones (excluding diaryl/α,β-unsaturated/α-hetero) is 1. The number of anilines is 1. The second-order valence-corrected chi connectivity index (χ2v) is 8.26. The smallest absolute Gasteiger partial charge is 0.227 e. The van der Waals surface area contributed by atoms with Crippen LogP contribution in [-0.4, -0.2) is 23.7 Å². The first kappa shape index (κ1) is 22.7. The number of amides is 1. The van der Waals surface area contributed by atoms with Crippen LogP contribution in [0.2, 0.25) is 0 Å². The molecule has 5 heteroatoms. The summed E-state index contributed by atoms with van der Waals surface area (Å²) in [5.74, 6) is 1.29. The van der Waals surface area contributed by atoms with Crippen molar-refractivity contribution in [3.05, 3.63) is 23.8 Å². The Balaban J connectivity index is 2.02. The number of ketones is 1. The van der Waals surface area contributed by atoms with Crippen LogP contribution in [-0.2, 0) is 4.79 Å². The minimum absolute atomic E-state index is 0.0535. The van der Waals surface area contributed by atoms with E-state index in [1.807, 2.05) is 13.8 Å². The van der Waals surface area contributed by atoms with Gasteiger partial charge >= 0.3 is 0 Å². The molecule has 0 heterocycles. The summed E-state index contributed by atoms with van der Waals surface area (Å²) in [6.45, 7) is 6.45. The van der Waals surface area contributed by atoms with E-state index in [4.69, 9.17) is 16.3 Å². The first-order chi connectivity index (χ1) is 13.5. The van der Waals surface area contributed by atoms with Gasteiger partial charge in [-0.1, -0.05) is 33.1 Å². The molecule has 1 N–H and O–H groups in total. The molecule has 1 aromatic rings. The van der Waals surface area contributed by atoms with Gasteiger partial charge in [0.1, 0.15) is 5.75 Å². The maximum atomic E-state index is 12.8. The van der Waals surface area contributed by atoms with Crippen molar-refractivity contribution < 1.29 is 14.3 Å². The lowest BCUT2D eigenvalue weighted by molar-refractivity contribution is -0.121. The topological polar surface area (TPSA) is 55.4 Å². The number of halogens is 1. The Bertz CT molecular complexity index is 653. The largest absolute Gasteiger partial charge is 0.492 e. The van der Waals surface area contributed by atoms with Gasteiger partial charge in [0.15, 0.2) is 5.78 Å². The van der Waals surface area contributed by atoms with Crippen molar-refractivity contribution in [1.82, 2.24) is 0 Å². The number of alkyl halides is 1. The molecule has 1 unspecified atom stereocenters. The van der Waals surface area contributed by atoms with E-state index in [1.54, 1.807) is 18.2 Å². The molecule has 2 rings (SSSR count). The minimum atomic E-state index is -0.544. The van der Waals surface area contributed by atoms with Gasteiger partial charge in [0.25, 0.3) is 0 Å². The van der Waals surface area contributed by atoms with Crippen molar-refractivity contribution in [2.75, 3.05) is 11.9 Å². The third-order valence-corrected chi connectivity index (χ3v) is 6.16. The van der Waals surface area contributed by atoms with Crippen LogP contribution in [0.4, 0.5) is 5.69 Å². The summed E-state index contributed by atoms with van der Waals surface area (Å²) in [6.07, 6.45) is 8.55. The second-order valence-electron chi connectivity index (χ2n) is 7.73. The number of ether oxygens (including phenoxy) is 1. The van der Waals surface area contributed by atoms with Crippen LogP contribution in [0.5, 0.6) is 5.75 Å². The lowest BCUT2D eigenvalue weighted by Gasteiger charge is -2.28. The Kier molecular flexibility index (Phi) is 9.30. The van der Waals surface area contributed by atoms with Gasteiger partial charge in [-0.05, 0) is 63.1 Å². The Morgan fingerprint density at radius 2 is 1.89 bits per heavy atom. The Morgan fingerprint density at radius 3 is 2.50 bits per heavy atom. The molecule has 1 saturated carbocycles. The van der Waals surface area contributed by atoms with Gasteiger partial charge in [-0.15, -0.1) is 11.6 Å². The fourth-order valence-corrected chi connectivity index (χ4v) is 3.99. The van der Waals surface area contributed by atoms with Gasteiger partial charge in [-0.25, -0.2) is 0 Å². The number of hydrogen-bond donors (Lipinski definition) is 1. The number of rotatable bonds is 10. The molecule has 1 amide bonds. The van der Waals surface area contributed by atoms with Crippen LogP contribution in [0, 0.1) is 11.8 Å². The SMILES string of the molecule is CCCCC1CCC(C(=O)Nc2ccc(C(=O)C(Cl)CC)cc2OCC)CC1. The Labute approximate surface area is 174 Å². The minimum Gasteiger partial charge on any atom is -0.492 e. The molecule has 1 atom stereocenters. The van der Waals surface area contributed by atoms with Crippen molar-refractivity contribution >= 4 is 29.0 Å². The first-order valence-corrected chi connectivity index (χ1v) is 11.2. The van der Waals surface area contributed by atoms with E-state index < -0.39 is 5.38 Å². The highest BCUT2D eigenvalue weighted by atomic mass is 35.5. The zero-order valence-corrected chi connectivity index (χ0v) is 18.2. The van der Waals surface area contributed by atoms with Crippen molar-refractivity contribution in [3.63, 3.8) is 0 Å². The lowest BCUT2D eigenvalue weighted by atomic mass is 9.79. The first-order valence-electron chi connectivity index (χ1n) is 10.8. The third kappa shape index (κ3) is 6.23. The third-order valence-electron chi connectivity index (χ3n) is 5.65. The number of carbonyl (C=O) groups excluding carboxylic acids is 2. The van der Waals surface area contributed by atoms with Crippen LogP contribution in [0.1, 0.15) is 82.5 Å². The maximum Gasteiger partial charge on any atom is 0.227 e. The number of unbranched alkanes of at least 4 members (excludes halogenated alkanes) is 1. The average molecular weight is 408 g/mol. The molecular formula is C23H34ClNO3. The predicted molar refractivity (Wildman–Crippen MR) is 115 cm³/mol. The van der Waals surface area contributed by atoms with Gasteiger partial charge in [0, 0.05) is 11.5 Å². The summed E-state index contributed by atoms with van der Waals surface area (Å²) in [7, 11) is 0.